The van der Waals surface area contributed by atoms with Crippen LogP contribution in [-0.2, 0) is 0 Å². The second kappa shape index (κ2) is 44.5. The van der Waals surface area contributed by atoms with Crippen LogP contribution in [0.3, 0.4) is 0 Å². The van der Waals surface area contributed by atoms with Gasteiger partial charge in [0.1, 0.15) is 0 Å². The van der Waals surface area contributed by atoms with E-state index in [1.54, 1.807) is 7.05 Å². The smallest absolute Gasteiger partial charge is 0.0555 e. The van der Waals surface area contributed by atoms with Crippen molar-refractivity contribution in [2.45, 2.75) is 27.7 Å². The van der Waals surface area contributed by atoms with Crippen molar-refractivity contribution in [3.63, 3.8) is 0 Å². The molecule has 0 aliphatic heterocycles. The average molecular weight is 135 g/mol. The second-order valence-electron chi connectivity index (χ2n) is 0.827. The molecule has 0 radical (unpaired) electrons. The third-order valence-corrected chi connectivity index (χ3v) is 0.362. The molecule has 0 rings (SSSR count). The predicted molar refractivity (Wildman–Crippen MR) is 43.7 cm³/mol. The van der Waals surface area contributed by atoms with Crippen molar-refractivity contribution in [2.75, 3.05) is 20.2 Å². The van der Waals surface area contributed by atoms with Crippen LogP contribution in [0.4, 0.5) is 0 Å². The van der Waals surface area contributed by atoms with E-state index in [-0.39, 0.29) is 6.61 Å². The first-order valence-electron chi connectivity index (χ1n) is 3.67. The standard InChI is InChI=1S/C3H9NO.2C2H6/c1-4-2-3-5;2*1-2/h4-5H,2-3H2,1H3;2*1-2H3. The van der Waals surface area contributed by atoms with E-state index in [1.807, 2.05) is 27.7 Å². The molecule has 0 aliphatic carbocycles. The highest BCUT2D eigenvalue weighted by atomic mass is 16.3. The first-order valence-corrected chi connectivity index (χ1v) is 3.67. The molecule has 60 valence electrons. The van der Waals surface area contributed by atoms with Crippen LogP contribution >= 0.6 is 0 Å². The Labute approximate surface area is 59.3 Å². The van der Waals surface area contributed by atoms with Gasteiger partial charge in [-0.2, -0.15) is 0 Å². The molecule has 0 aromatic heterocycles. The predicted octanol–water partition coefficient (Wildman–Crippen LogP) is 1.25. The number of hydrogen-bond donors (Lipinski definition) is 2. The summed E-state index contributed by atoms with van der Waals surface area (Å²) in [4.78, 5) is 0. The highest BCUT2D eigenvalue weighted by Crippen LogP contribution is 1.42. The molecule has 0 aromatic rings. The van der Waals surface area contributed by atoms with Crippen LogP contribution in [0.15, 0.2) is 0 Å². The molecule has 2 heteroatoms. The molecule has 2 N–H and O–H groups in total. The Morgan fingerprint density at radius 1 is 1.11 bits per heavy atom. The zero-order valence-corrected chi connectivity index (χ0v) is 7.36. The summed E-state index contributed by atoms with van der Waals surface area (Å²) >= 11 is 0. The maximum absolute atomic E-state index is 8.00. The van der Waals surface area contributed by atoms with Crippen LogP contribution in [0.5, 0.6) is 0 Å². The molecule has 0 bridgehead atoms. The van der Waals surface area contributed by atoms with Gasteiger partial charge in [0, 0.05) is 6.54 Å². The SMILES string of the molecule is CC.CC.CNCCO. The fourth-order valence-electron chi connectivity index (χ4n) is 0.112. The van der Waals surface area contributed by atoms with E-state index in [0.29, 0.717) is 6.54 Å². The summed E-state index contributed by atoms with van der Waals surface area (Å²) in [5, 5.41) is 10.8. The fraction of sp³-hybridized carbons (Fsp3) is 1.00. The number of likely N-dealkylation sites (N-methyl/N-ethyl adjacent to an activating group) is 1. The van der Waals surface area contributed by atoms with Crippen molar-refractivity contribution in [1.82, 2.24) is 5.32 Å². The molecular formula is C7H21NO. The van der Waals surface area contributed by atoms with Gasteiger partial charge in [-0.15, -0.1) is 0 Å². The van der Waals surface area contributed by atoms with E-state index in [0.717, 1.165) is 0 Å². The van der Waals surface area contributed by atoms with Gasteiger partial charge in [0.2, 0.25) is 0 Å². The molecule has 0 spiro atoms. The van der Waals surface area contributed by atoms with Gasteiger partial charge in [-0.05, 0) is 7.05 Å². The lowest BCUT2D eigenvalue weighted by Gasteiger charge is -1.84. The van der Waals surface area contributed by atoms with Crippen molar-refractivity contribution in [1.29, 1.82) is 0 Å². The number of hydrogen-bond acceptors (Lipinski definition) is 2. The van der Waals surface area contributed by atoms with Crippen LogP contribution in [0, 0.1) is 0 Å². The molecular weight excluding hydrogens is 114 g/mol. The van der Waals surface area contributed by atoms with E-state index in [4.69, 9.17) is 5.11 Å². The maximum atomic E-state index is 8.00. The van der Waals surface area contributed by atoms with Gasteiger partial charge in [0.05, 0.1) is 6.61 Å². The summed E-state index contributed by atoms with van der Waals surface area (Å²) in [5.41, 5.74) is 0. The second-order valence-corrected chi connectivity index (χ2v) is 0.827. The Balaban J connectivity index is -0.0000000771. The van der Waals surface area contributed by atoms with Crippen LogP contribution in [0.2, 0.25) is 0 Å². The third-order valence-electron chi connectivity index (χ3n) is 0.362. The Kier molecular flexibility index (Phi) is 78.9. The molecule has 0 fully saturated rings. The lowest BCUT2D eigenvalue weighted by atomic mass is 10.7. The van der Waals surface area contributed by atoms with Crippen molar-refractivity contribution in [3.8, 4) is 0 Å². The van der Waals surface area contributed by atoms with E-state index in [9.17, 15) is 0 Å². The first kappa shape index (κ1) is 16.0. The Morgan fingerprint density at radius 3 is 1.44 bits per heavy atom. The molecule has 9 heavy (non-hydrogen) atoms. The normalized spacial score (nSPS) is 6.00. The molecule has 0 heterocycles. The third kappa shape index (κ3) is 75.3. The minimum atomic E-state index is 0.233. The van der Waals surface area contributed by atoms with Crippen LogP contribution in [-0.4, -0.2) is 25.3 Å². The molecule has 0 saturated heterocycles. The number of nitrogens with one attached hydrogen (secondary N) is 1. The summed E-state index contributed by atoms with van der Waals surface area (Å²) < 4.78 is 0. The van der Waals surface area contributed by atoms with Gasteiger partial charge >= 0.3 is 0 Å². The van der Waals surface area contributed by atoms with Gasteiger partial charge in [-0.3, -0.25) is 0 Å². The summed E-state index contributed by atoms with van der Waals surface area (Å²) in [6, 6.07) is 0. The highest BCUT2D eigenvalue weighted by Gasteiger charge is 1.65. The van der Waals surface area contributed by atoms with Gasteiger partial charge in [0.25, 0.3) is 0 Å². The number of rotatable bonds is 2. The zero-order chi connectivity index (χ0) is 8.12. The summed E-state index contributed by atoms with van der Waals surface area (Å²) in [6.45, 7) is 8.93. The summed E-state index contributed by atoms with van der Waals surface area (Å²) in [5.74, 6) is 0. The Bertz CT molecular complexity index is 16.4. The quantitative estimate of drug-likeness (QED) is 0.597. The van der Waals surface area contributed by atoms with Crippen LogP contribution in [0.25, 0.3) is 0 Å². The van der Waals surface area contributed by atoms with E-state index in [1.165, 1.54) is 0 Å². The van der Waals surface area contributed by atoms with Gasteiger partial charge in [-0.1, -0.05) is 27.7 Å². The van der Waals surface area contributed by atoms with Crippen molar-refractivity contribution >= 4 is 0 Å². The van der Waals surface area contributed by atoms with Gasteiger partial charge in [0.15, 0.2) is 0 Å². The molecule has 0 aromatic carbocycles. The number of aliphatic hydroxyl groups is 1. The largest absolute Gasteiger partial charge is 0.395 e. The molecule has 2 nitrogen and oxygen atoms in total. The van der Waals surface area contributed by atoms with Crippen LogP contribution in [0.1, 0.15) is 27.7 Å². The summed E-state index contributed by atoms with van der Waals surface area (Å²) in [6.07, 6.45) is 0. The first-order chi connectivity index (χ1) is 4.41. The van der Waals surface area contributed by atoms with Gasteiger partial charge < -0.3 is 10.4 Å². The lowest BCUT2D eigenvalue weighted by molar-refractivity contribution is 0.296. The minimum Gasteiger partial charge on any atom is -0.395 e. The van der Waals surface area contributed by atoms with E-state index >= 15 is 0 Å². The topological polar surface area (TPSA) is 32.3 Å². The molecule has 0 unspecified atom stereocenters. The molecule has 0 atom stereocenters. The average Bonchev–Trinajstić information content (AvgIpc) is 1.98. The van der Waals surface area contributed by atoms with Crippen LogP contribution < -0.4 is 5.32 Å². The molecule has 0 aliphatic rings. The molecule has 0 saturated carbocycles. The fourth-order valence-corrected chi connectivity index (χ4v) is 0.112. The summed E-state index contributed by atoms with van der Waals surface area (Å²) in [7, 11) is 1.80. The highest BCUT2D eigenvalue weighted by molar-refractivity contribution is 4.27. The maximum Gasteiger partial charge on any atom is 0.0555 e. The lowest BCUT2D eigenvalue weighted by Crippen LogP contribution is -2.10. The molecule has 0 amide bonds. The Morgan fingerprint density at radius 2 is 1.44 bits per heavy atom. The Hall–Kier alpha value is -0.0800. The van der Waals surface area contributed by atoms with Crippen molar-refractivity contribution in [2.24, 2.45) is 0 Å². The zero-order valence-electron chi connectivity index (χ0n) is 7.36. The van der Waals surface area contributed by atoms with Crippen molar-refractivity contribution in [3.05, 3.63) is 0 Å². The number of aliphatic hydroxyl groups excluding tert-OH is 1. The minimum absolute atomic E-state index is 0.233. The van der Waals surface area contributed by atoms with Crippen molar-refractivity contribution < 1.29 is 5.11 Å². The van der Waals surface area contributed by atoms with Gasteiger partial charge in [-0.25, -0.2) is 0 Å². The monoisotopic (exact) mass is 135 g/mol. The van der Waals surface area contributed by atoms with E-state index in [2.05, 4.69) is 5.32 Å². The van der Waals surface area contributed by atoms with E-state index < -0.39 is 0 Å².